The van der Waals surface area contributed by atoms with Gasteiger partial charge in [0.1, 0.15) is 5.76 Å². The molecule has 0 saturated heterocycles. The van der Waals surface area contributed by atoms with Crippen molar-refractivity contribution >= 4 is 0 Å². The van der Waals surface area contributed by atoms with Gasteiger partial charge in [0.05, 0.1) is 12.4 Å². The van der Waals surface area contributed by atoms with Crippen LogP contribution in [-0.2, 0) is 6.42 Å². The molecule has 0 aliphatic heterocycles. The van der Waals surface area contributed by atoms with Crippen LogP contribution < -0.4 is 0 Å². The summed E-state index contributed by atoms with van der Waals surface area (Å²) >= 11 is 0. The Kier molecular flexibility index (Phi) is 2.07. The van der Waals surface area contributed by atoms with E-state index < -0.39 is 18.4 Å². The predicted molar refractivity (Wildman–Crippen MR) is 41.5 cm³/mol. The number of fused-ring (bicyclic) bond motifs is 1. The maximum atomic E-state index is 12.3. The van der Waals surface area contributed by atoms with E-state index in [1.54, 1.807) is 6.07 Å². The fourth-order valence-corrected chi connectivity index (χ4v) is 1.74. The summed E-state index contributed by atoms with van der Waals surface area (Å²) in [6.07, 6.45) is -1.38. The molecule has 0 aromatic carbocycles. The molecule has 1 aromatic heterocycles. The first-order chi connectivity index (χ1) is 6.18. The summed E-state index contributed by atoms with van der Waals surface area (Å²) in [5, 5.41) is 9.48. The van der Waals surface area contributed by atoms with Gasteiger partial charge in [-0.15, -0.1) is 0 Å². The summed E-state index contributed by atoms with van der Waals surface area (Å²) in [6, 6.07) is 1.64. The first kappa shape index (κ1) is 8.69. The van der Waals surface area contributed by atoms with E-state index >= 15 is 0 Å². The van der Waals surface area contributed by atoms with E-state index in [-0.39, 0.29) is 12.8 Å². The zero-order chi connectivity index (χ0) is 9.42. The van der Waals surface area contributed by atoms with Gasteiger partial charge in [-0.25, -0.2) is 8.78 Å². The van der Waals surface area contributed by atoms with Crippen LogP contribution in [0.15, 0.2) is 16.7 Å². The molecule has 0 amide bonds. The fraction of sp³-hybridized carbons (Fsp3) is 0.556. The smallest absolute Gasteiger partial charge is 0.241 e. The summed E-state index contributed by atoms with van der Waals surface area (Å²) in [5.74, 6) is -0.266. The van der Waals surface area contributed by atoms with Crippen molar-refractivity contribution < 1.29 is 18.3 Å². The van der Waals surface area contributed by atoms with Crippen molar-refractivity contribution in [3.8, 4) is 0 Å². The van der Waals surface area contributed by atoms with Crippen LogP contribution in [0.2, 0.25) is 0 Å². The summed E-state index contributed by atoms with van der Waals surface area (Å²) in [4.78, 5) is 0. The van der Waals surface area contributed by atoms with E-state index in [2.05, 4.69) is 0 Å². The van der Waals surface area contributed by atoms with E-state index in [4.69, 9.17) is 4.42 Å². The van der Waals surface area contributed by atoms with Crippen molar-refractivity contribution in [2.45, 2.75) is 25.4 Å². The van der Waals surface area contributed by atoms with Crippen LogP contribution in [0.25, 0.3) is 0 Å². The van der Waals surface area contributed by atoms with Gasteiger partial charge in [0.15, 0.2) is 0 Å². The lowest BCUT2D eigenvalue weighted by atomic mass is 9.87. The minimum absolute atomic E-state index is 0.129. The molecule has 1 N–H and O–H groups in total. The number of aliphatic hydroxyl groups is 1. The minimum atomic E-state index is -2.38. The highest BCUT2D eigenvalue weighted by Gasteiger charge is 2.32. The van der Waals surface area contributed by atoms with E-state index in [9.17, 15) is 13.9 Å². The Morgan fingerprint density at radius 1 is 1.54 bits per heavy atom. The zero-order valence-corrected chi connectivity index (χ0v) is 6.91. The molecule has 2 atom stereocenters. The first-order valence-electron chi connectivity index (χ1n) is 4.21. The van der Waals surface area contributed by atoms with Crippen molar-refractivity contribution in [1.82, 2.24) is 0 Å². The second-order valence-corrected chi connectivity index (χ2v) is 3.35. The van der Waals surface area contributed by atoms with Crippen LogP contribution in [0, 0.1) is 5.92 Å². The Hall–Kier alpha value is -0.900. The van der Waals surface area contributed by atoms with Crippen molar-refractivity contribution in [1.29, 1.82) is 0 Å². The third-order valence-corrected chi connectivity index (χ3v) is 2.47. The minimum Gasteiger partial charge on any atom is -0.469 e. The molecule has 1 aliphatic rings. The van der Waals surface area contributed by atoms with E-state index in [0.29, 0.717) is 11.3 Å². The van der Waals surface area contributed by atoms with Crippen LogP contribution in [0.5, 0.6) is 0 Å². The Bertz CT molecular complexity index is 296. The third kappa shape index (κ3) is 1.46. The number of rotatable bonds is 1. The maximum Gasteiger partial charge on any atom is 0.241 e. The van der Waals surface area contributed by atoms with Crippen LogP contribution in [0.1, 0.15) is 23.8 Å². The molecule has 1 aromatic rings. The number of aliphatic hydroxyl groups excluding tert-OH is 1. The van der Waals surface area contributed by atoms with Gasteiger partial charge in [-0.1, -0.05) is 0 Å². The second-order valence-electron chi connectivity index (χ2n) is 3.35. The molecule has 1 heterocycles. The quantitative estimate of drug-likeness (QED) is 0.732. The fourth-order valence-electron chi connectivity index (χ4n) is 1.74. The molecular formula is C9H10F2O2. The standard InChI is InChI=1S/C9H10F2O2/c10-9(11)5-3-7(12)6-1-2-13-8(6)4-5/h1-2,5,7,9,12H,3-4H2/t5-,7-/m0/s1. The molecule has 0 fully saturated rings. The van der Waals surface area contributed by atoms with Gasteiger partial charge in [-0.2, -0.15) is 0 Å². The maximum absolute atomic E-state index is 12.3. The summed E-state index contributed by atoms with van der Waals surface area (Å²) in [7, 11) is 0. The van der Waals surface area contributed by atoms with Gasteiger partial charge in [-0.05, 0) is 12.5 Å². The number of halogens is 2. The Balaban J connectivity index is 2.23. The molecule has 0 radical (unpaired) electrons. The normalized spacial score (nSPS) is 27.7. The summed E-state index contributed by atoms with van der Waals surface area (Å²) in [5.41, 5.74) is 0.664. The number of furan rings is 1. The molecule has 1 aliphatic carbocycles. The van der Waals surface area contributed by atoms with Gasteiger partial charge in [0.25, 0.3) is 0 Å². The lowest BCUT2D eigenvalue weighted by Crippen LogP contribution is -2.22. The van der Waals surface area contributed by atoms with Crippen molar-refractivity contribution in [2.24, 2.45) is 5.92 Å². The van der Waals surface area contributed by atoms with Crippen LogP contribution in [0.3, 0.4) is 0 Å². The van der Waals surface area contributed by atoms with E-state index in [1.807, 2.05) is 0 Å². The van der Waals surface area contributed by atoms with E-state index in [1.165, 1.54) is 6.26 Å². The number of hydrogen-bond acceptors (Lipinski definition) is 2. The Morgan fingerprint density at radius 2 is 2.31 bits per heavy atom. The molecule has 0 saturated carbocycles. The summed E-state index contributed by atoms with van der Waals surface area (Å²) < 4.78 is 29.7. The van der Waals surface area contributed by atoms with Gasteiger partial charge < -0.3 is 9.52 Å². The average Bonchev–Trinajstić information content (AvgIpc) is 2.51. The zero-order valence-electron chi connectivity index (χ0n) is 6.91. The summed E-state index contributed by atoms with van der Waals surface area (Å²) in [6.45, 7) is 0. The van der Waals surface area contributed by atoms with Crippen LogP contribution in [0.4, 0.5) is 8.78 Å². The lowest BCUT2D eigenvalue weighted by Gasteiger charge is -2.24. The highest BCUT2D eigenvalue weighted by atomic mass is 19.3. The third-order valence-electron chi connectivity index (χ3n) is 2.47. The highest BCUT2D eigenvalue weighted by Crippen LogP contribution is 2.36. The predicted octanol–water partition coefficient (Wildman–Crippen LogP) is 2.14. The lowest BCUT2D eigenvalue weighted by molar-refractivity contribution is 0.0263. The molecule has 0 spiro atoms. The average molecular weight is 188 g/mol. The van der Waals surface area contributed by atoms with Gasteiger partial charge in [0, 0.05) is 17.9 Å². The first-order valence-corrected chi connectivity index (χ1v) is 4.21. The van der Waals surface area contributed by atoms with Crippen molar-refractivity contribution in [3.63, 3.8) is 0 Å². The Morgan fingerprint density at radius 3 is 3.00 bits per heavy atom. The van der Waals surface area contributed by atoms with Crippen molar-refractivity contribution in [3.05, 3.63) is 23.7 Å². The van der Waals surface area contributed by atoms with Crippen LogP contribution in [-0.4, -0.2) is 11.5 Å². The second kappa shape index (κ2) is 3.10. The van der Waals surface area contributed by atoms with Crippen molar-refractivity contribution in [2.75, 3.05) is 0 Å². The molecule has 72 valence electrons. The molecule has 0 bridgehead atoms. The van der Waals surface area contributed by atoms with Gasteiger partial charge in [-0.3, -0.25) is 0 Å². The van der Waals surface area contributed by atoms with Gasteiger partial charge >= 0.3 is 0 Å². The highest BCUT2D eigenvalue weighted by molar-refractivity contribution is 5.23. The topological polar surface area (TPSA) is 33.4 Å². The van der Waals surface area contributed by atoms with Gasteiger partial charge in [0.2, 0.25) is 6.43 Å². The molecule has 13 heavy (non-hydrogen) atoms. The molecule has 4 heteroatoms. The van der Waals surface area contributed by atoms with E-state index in [0.717, 1.165) is 0 Å². The number of hydrogen-bond donors (Lipinski definition) is 1. The molecule has 0 unspecified atom stereocenters. The molecule has 2 rings (SSSR count). The SMILES string of the molecule is O[C@H]1C[C@H](C(F)F)Cc2occc21. The van der Waals surface area contributed by atoms with Crippen LogP contribution >= 0.6 is 0 Å². The number of alkyl halides is 2. The Labute approximate surface area is 74.2 Å². The largest absolute Gasteiger partial charge is 0.469 e. The molecular weight excluding hydrogens is 178 g/mol. The molecule has 2 nitrogen and oxygen atoms in total. The monoisotopic (exact) mass is 188 g/mol.